The predicted molar refractivity (Wildman–Crippen MR) is 112 cm³/mol. The van der Waals surface area contributed by atoms with Crippen LogP contribution in [-0.4, -0.2) is 66.7 Å². The summed E-state index contributed by atoms with van der Waals surface area (Å²) in [7, 11) is 1.11. The van der Waals surface area contributed by atoms with Crippen molar-refractivity contribution in [3.63, 3.8) is 0 Å². The van der Waals surface area contributed by atoms with Crippen LogP contribution in [-0.2, 0) is 32.0 Å². The summed E-state index contributed by atoms with van der Waals surface area (Å²) >= 11 is 6.23. The molecule has 4 heterocycles. The molecule has 12 heteroatoms. The number of benzene rings is 1. The topological polar surface area (TPSA) is 109 Å². The Bertz CT molecular complexity index is 1160. The number of rotatable bonds is 5. The number of pyridine rings is 1. The molecule has 5 rings (SSSR count). The van der Waals surface area contributed by atoms with Crippen LogP contribution in [0, 0.1) is 11.6 Å². The van der Waals surface area contributed by atoms with Gasteiger partial charge in [0.1, 0.15) is 41.6 Å². The second-order valence-electron chi connectivity index (χ2n) is 7.94. The first-order chi connectivity index (χ1) is 16.3. The molecule has 0 bridgehead atoms. The van der Waals surface area contributed by atoms with Crippen molar-refractivity contribution in [2.75, 3.05) is 20.3 Å². The third-order valence-corrected chi connectivity index (χ3v) is 6.02. The fraction of sp³-hybridized carbons (Fsp3) is 0.409. The van der Waals surface area contributed by atoms with Gasteiger partial charge in [0.15, 0.2) is 12.0 Å². The second-order valence-corrected chi connectivity index (χ2v) is 8.35. The van der Waals surface area contributed by atoms with Crippen molar-refractivity contribution < 1.29 is 42.4 Å². The molecule has 1 N–H and O–H groups in total. The molecule has 3 aliphatic rings. The number of nitrogens with zero attached hydrogens (tertiary/aromatic N) is 2. The molecule has 0 unspecified atom stereocenters. The zero-order chi connectivity index (χ0) is 24.0. The lowest BCUT2D eigenvalue weighted by Crippen LogP contribution is -2.34. The van der Waals surface area contributed by atoms with Gasteiger partial charge in [0.2, 0.25) is 5.88 Å². The molecule has 0 spiro atoms. The number of hydrogen-bond acceptors (Lipinski definition) is 9. The summed E-state index contributed by atoms with van der Waals surface area (Å²) in [6.07, 6.45) is -1.67. The highest BCUT2D eigenvalue weighted by Gasteiger charge is 2.49. The van der Waals surface area contributed by atoms with Crippen molar-refractivity contribution in [2.24, 2.45) is 4.99 Å². The molecule has 0 saturated carbocycles. The number of fused-ring (bicyclic) bond motifs is 2. The Hall–Kier alpha value is -2.86. The van der Waals surface area contributed by atoms with Crippen LogP contribution in [0.4, 0.5) is 14.5 Å². The predicted octanol–water partition coefficient (Wildman–Crippen LogP) is 2.51. The average Bonchev–Trinajstić information content (AvgIpc) is 3.49. The summed E-state index contributed by atoms with van der Waals surface area (Å²) in [5.41, 5.74) is 0.353. The largest absolute Gasteiger partial charge is 0.472 e. The van der Waals surface area contributed by atoms with Crippen molar-refractivity contribution in [3.05, 3.63) is 51.7 Å². The number of methoxy groups -OCH3 is 1. The minimum Gasteiger partial charge on any atom is -0.472 e. The van der Waals surface area contributed by atoms with E-state index in [2.05, 4.69) is 14.7 Å². The van der Waals surface area contributed by atoms with E-state index in [1.807, 2.05) is 0 Å². The Labute approximate surface area is 197 Å². The average molecular weight is 497 g/mol. The van der Waals surface area contributed by atoms with Gasteiger partial charge >= 0.3 is 5.97 Å². The van der Waals surface area contributed by atoms with E-state index in [1.165, 1.54) is 6.07 Å². The third kappa shape index (κ3) is 4.20. The highest BCUT2D eigenvalue weighted by molar-refractivity contribution is 6.32. The van der Waals surface area contributed by atoms with Crippen LogP contribution in [0.2, 0.25) is 5.02 Å². The first-order valence-electron chi connectivity index (χ1n) is 10.4. The van der Waals surface area contributed by atoms with Gasteiger partial charge in [0.25, 0.3) is 0 Å². The Morgan fingerprint density at radius 2 is 1.94 bits per heavy atom. The molecule has 9 nitrogen and oxygen atoms in total. The summed E-state index contributed by atoms with van der Waals surface area (Å²) in [6, 6.07) is 3.26. The van der Waals surface area contributed by atoms with Crippen LogP contribution in [0.5, 0.6) is 5.88 Å². The van der Waals surface area contributed by atoms with Gasteiger partial charge in [-0.3, -0.25) is 0 Å². The Morgan fingerprint density at radius 1 is 1.21 bits per heavy atom. The number of aliphatic hydroxyl groups is 1. The minimum absolute atomic E-state index is 0.0285. The molecule has 2 fully saturated rings. The summed E-state index contributed by atoms with van der Waals surface area (Å²) in [5.74, 6) is -2.44. The quantitative estimate of drug-likeness (QED) is 0.629. The molecule has 0 radical (unpaired) electrons. The summed E-state index contributed by atoms with van der Waals surface area (Å²) < 4.78 is 55.7. The van der Waals surface area contributed by atoms with Crippen molar-refractivity contribution in [1.29, 1.82) is 0 Å². The van der Waals surface area contributed by atoms with Crippen LogP contribution in [0.15, 0.2) is 23.2 Å². The lowest BCUT2D eigenvalue weighted by molar-refractivity contribution is 0.00558. The zero-order valence-corrected chi connectivity index (χ0v) is 18.6. The fourth-order valence-corrected chi connectivity index (χ4v) is 4.25. The number of aliphatic hydroxyl groups excluding tert-OH is 1. The van der Waals surface area contributed by atoms with E-state index in [0.29, 0.717) is 17.3 Å². The van der Waals surface area contributed by atoms with E-state index in [9.17, 15) is 18.7 Å². The van der Waals surface area contributed by atoms with E-state index < -0.39 is 42.5 Å². The SMILES string of the molecule is COC(=O)c1cc(F)c(COc2nc3c(cc2Cl)N=C(O[C@@H]2CO[C@H]4[C@@H]2OC[C@H]4O)C3)c(F)c1. The highest BCUT2D eigenvalue weighted by atomic mass is 35.5. The van der Waals surface area contributed by atoms with E-state index in [-0.39, 0.29) is 47.8 Å². The molecule has 0 amide bonds. The monoisotopic (exact) mass is 496 g/mol. The first-order valence-corrected chi connectivity index (χ1v) is 10.8. The lowest BCUT2D eigenvalue weighted by Gasteiger charge is -2.17. The smallest absolute Gasteiger partial charge is 0.338 e. The van der Waals surface area contributed by atoms with Crippen LogP contribution in [0.25, 0.3) is 0 Å². The minimum atomic E-state index is -0.965. The number of aromatic nitrogens is 1. The van der Waals surface area contributed by atoms with E-state index in [4.69, 9.17) is 30.5 Å². The molecular weight excluding hydrogens is 478 g/mol. The van der Waals surface area contributed by atoms with Crippen LogP contribution in [0.3, 0.4) is 0 Å². The number of esters is 1. The molecule has 2 aromatic rings. The maximum atomic E-state index is 14.3. The van der Waals surface area contributed by atoms with Gasteiger partial charge in [-0.25, -0.2) is 23.6 Å². The number of halogens is 3. The maximum absolute atomic E-state index is 14.3. The number of hydrogen-bond donors (Lipinski definition) is 1. The number of carbonyl (C=O) groups is 1. The van der Waals surface area contributed by atoms with Crippen molar-refractivity contribution in [3.8, 4) is 5.88 Å². The summed E-state index contributed by atoms with van der Waals surface area (Å²) in [6.45, 7) is -0.0560. The molecule has 0 aliphatic carbocycles. The Morgan fingerprint density at radius 3 is 2.68 bits per heavy atom. The normalized spacial score (nSPS) is 25.0. The van der Waals surface area contributed by atoms with Gasteiger partial charge in [0.05, 0.1) is 49.3 Å². The van der Waals surface area contributed by atoms with E-state index in [0.717, 1.165) is 19.2 Å². The number of carbonyl (C=O) groups excluding carboxylic acids is 1. The van der Waals surface area contributed by atoms with Crippen molar-refractivity contribution in [1.82, 2.24) is 4.98 Å². The summed E-state index contributed by atoms with van der Waals surface area (Å²) in [4.78, 5) is 20.2. The lowest BCUT2D eigenvalue weighted by atomic mass is 10.1. The number of ether oxygens (including phenoxy) is 5. The third-order valence-electron chi connectivity index (χ3n) is 5.75. The number of aliphatic imine (C=N–C) groups is 1. The molecule has 34 heavy (non-hydrogen) atoms. The van der Waals surface area contributed by atoms with E-state index in [1.54, 1.807) is 0 Å². The fourth-order valence-electron chi connectivity index (χ4n) is 4.05. The van der Waals surface area contributed by atoms with Gasteiger partial charge in [-0.1, -0.05) is 11.6 Å². The Balaban J connectivity index is 1.25. The van der Waals surface area contributed by atoms with Gasteiger partial charge in [-0.15, -0.1) is 0 Å². The van der Waals surface area contributed by atoms with Gasteiger partial charge in [-0.05, 0) is 18.2 Å². The van der Waals surface area contributed by atoms with Crippen LogP contribution >= 0.6 is 11.6 Å². The molecule has 4 atom stereocenters. The molecule has 3 aliphatic heterocycles. The van der Waals surface area contributed by atoms with Gasteiger partial charge < -0.3 is 28.8 Å². The molecule has 180 valence electrons. The zero-order valence-electron chi connectivity index (χ0n) is 17.8. The molecular formula is C22H19ClF2N2O7. The van der Waals surface area contributed by atoms with Crippen molar-refractivity contribution in [2.45, 2.75) is 37.4 Å². The summed E-state index contributed by atoms with van der Waals surface area (Å²) in [5, 5.41) is 9.95. The van der Waals surface area contributed by atoms with Gasteiger partial charge in [0, 0.05) is 0 Å². The first kappa shape index (κ1) is 22.9. The maximum Gasteiger partial charge on any atom is 0.338 e. The van der Waals surface area contributed by atoms with Gasteiger partial charge in [-0.2, -0.15) is 0 Å². The standard InChI is InChI=1S/C22H19ClF2N2O7/c1-30-22(29)9-2-12(24)10(13(25)3-9)6-33-21-11(23)4-14-15(27-21)5-18(26-14)34-17-8-32-19-16(28)7-31-20(17)19/h2-4,16-17,19-20,28H,5-8H2,1H3/t16-,17-,19-,20-/m1/s1. The molecule has 1 aromatic carbocycles. The molecule has 1 aromatic heterocycles. The van der Waals surface area contributed by atoms with Crippen molar-refractivity contribution >= 4 is 29.2 Å². The molecule has 2 saturated heterocycles. The Kier molecular flexibility index (Phi) is 6.11. The van der Waals surface area contributed by atoms with Crippen LogP contribution < -0.4 is 4.74 Å². The van der Waals surface area contributed by atoms with Crippen LogP contribution in [0.1, 0.15) is 21.6 Å². The second kappa shape index (κ2) is 9.06. The highest BCUT2D eigenvalue weighted by Crippen LogP contribution is 2.36. The van der Waals surface area contributed by atoms with E-state index >= 15 is 0 Å².